The van der Waals surface area contributed by atoms with Crippen molar-refractivity contribution >= 4 is 8.80 Å². The molecule has 0 aliphatic carbocycles. The van der Waals surface area contributed by atoms with E-state index in [1.807, 2.05) is 20.8 Å². The maximum absolute atomic E-state index is 5.68. The molecule has 0 radical (unpaired) electrons. The van der Waals surface area contributed by atoms with Gasteiger partial charge in [-0.2, -0.15) is 0 Å². The topological polar surface area (TPSA) is 58.7 Å². The number of ether oxygens (including phenoxy) is 1. The van der Waals surface area contributed by atoms with Crippen LogP contribution in [0.3, 0.4) is 0 Å². The van der Waals surface area contributed by atoms with E-state index < -0.39 is 8.80 Å². The molecule has 1 heterocycles. The van der Waals surface area contributed by atoms with Crippen LogP contribution < -0.4 is 0 Å². The Labute approximate surface area is 110 Å². The van der Waals surface area contributed by atoms with Crippen LogP contribution in [0.4, 0.5) is 0 Å². The van der Waals surface area contributed by atoms with E-state index in [4.69, 9.17) is 27.8 Å². The summed E-state index contributed by atoms with van der Waals surface area (Å²) in [5, 5.41) is 0. The van der Waals surface area contributed by atoms with Crippen LogP contribution in [0.15, 0.2) is 0 Å². The zero-order valence-electron chi connectivity index (χ0n) is 11.5. The molecule has 1 saturated heterocycles. The first-order valence-electron chi connectivity index (χ1n) is 6.54. The fourth-order valence-electron chi connectivity index (χ4n) is 1.52. The van der Waals surface area contributed by atoms with Gasteiger partial charge in [0.25, 0.3) is 0 Å². The lowest BCUT2D eigenvalue weighted by molar-refractivity contribution is -0.293. The third-order valence-electron chi connectivity index (χ3n) is 2.32. The Morgan fingerprint density at radius 1 is 1.00 bits per heavy atom. The summed E-state index contributed by atoms with van der Waals surface area (Å²) in [7, 11) is -2.59. The van der Waals surface area contributed by atoms with Gasteiger partial charge >= 0.3 is 8.80 Å². The summed E-state index contributed by atoms with van der Waals surface area (Å²) in [6.45, 7) is 9.16. The smallest absolute Gasteiger partial charge is 0.374 e. The van der Waals surface area contributed by atoms with Gasteiger partial charge in [-0.05, 0) is 20.8 Å². The summed E-state index contributed by atoms with van der Waals surface area (Å²) in [6, 6.07) is 0.591. The average molecular weight is 280 g/mol. The molecule has 0 aromatic carbocycles. The molecular weight excluding hydrogens is 256 g/mol. The van der Waals surface area contributed by atoms with Gasteiger partial charge in [-0.1, -0.05) is 0 Å². The van der Waals surface area contributed by atoms with Crippen molar-refractivity contribution in [2.75, 3.05) is 39.6 Å². The Balaban J connectivity index is 2.22. The third-order valence-corrected chi connectivity index (χ3v) is 5.33. The molecule has 0 aromatic rings. The zero-order chi connectivity index (χ0) is 13.3. The van der Waals surface area contributed by atoms with E-state index >= 15 is 0 Å². The quantitative estimate of drug-likeness (QED) is 0.177. The highest BCUT2D eigenvalue weighted by atomic mass is 28.4. The molecule has 0 bridgehead atoms. The monoisotopic (exact) mass is 280 g/mol. The lowest BCUT2D eigenvalue weighted by Gasteiger charge is -2.28. The Kier molecular flexibility index (Phi) is 7.99. The van der Waals surface area contributed by atoms with Crippen molar-refractivity contribution < 1.29 is 27.8 Å². The highest BCUT2D eigenvalue weighted by molar-refractivity contribution is 6.60. The van der Waals surface area contributed by atoms with Crippen molar-refractivity contribution in [2.24, 2.45) is 0 Å². The second kappa shape index (κ2) is 8.97. The predicted molar refractivity (Wildman–Crippen MR) is 67.1 cm³/mol. The van der Waals surface area contributed by atoms with Gasteiger partial charge in [-0.3, -0.25) is 0 Å². The van der Waals surface area contributed by atoms with E-state index in [1.54, 1.807) is 0 Å². The van der Waals surface area contributed by atoms with E-state index in [2.05, 4.69) is 0 Å². The van der Waals surface area contributed by atoms with Gasteiger partial charge in [0.1, 0.15) is 12.7 Å². The lowest BCUT2D eigenvalue weighted by atomic mass is 10.5. The fourth-order valence-corrected chi connectivity index (χ4v) is 3.85. The normalized spacial score (nSPS) is 19.2. The Morgan fingerprint density at radius 2 is 1.56 bits per heavy atom. The zero-order valence-corrected chi connectivity index (χ0v) is 12.5. The predicted octanol–water partition coefficient (Wildman–Crippen LogP) is 1.38. The molecule has 18 heavy (non-hydrogen) atoms. The van der Waals surface area contributed by atoms with Crippen LogP contribution in [0.2, 0.25) is 6.04 Å². The van der Waals surface area contributed by atoms with Crippen molar-refractivity contribution in [3.8, 4) is 0 Å². The molecule has 0 saturated carbocycles. The molecule has 7 heteroatoms. The van der Waals surface area contributed by atoms with Crippen LogP contribution in [0.1, 0.15) is 20.8 Å². The van der Waals surface area contributed by atoms with E-state index in [-0.39, 0.29) is 6.10 Å². The summed E-state index contributed by atoms with van der Waals surface area (Å²) in [6.07, 6.45) is 0.206. The molecule has 0 aromatic heterocycles. The van der Waals surface area contributed by atoms with Crippen LogP contribution in [-0.4, -0.2) is 54.5 Å². The van der Waals surface area contributed by atoms with Crippen molar-refractivity contribution in [3.05, 3.63) is 0 Å². The molecule has 0 spiro atoms. The van der Waals surface area contributed by atoms with Gasteiger partial charge in [0.05, 0.1) is 13.2 Å². The molecule has 1 rings (SSSR count). The van der Waals surface area contributed by atoms with Crippen LogP contribution in [0, 0.1) is 0 Å². The molecule has 108 valence electrons. The maximum atomic E-state index is 5.68. The summed E-state index contributed by atoms with van der Waals surface area (Å²) in [4.78, 5) is 10.1. The van der Waals surface area contributed by atoms with Gasteiger partial charge in [-0.15, -0.1) is 0 Å². The Hall–Kier alpha value is -0.0231. The van der Waals surface area contributed by atoms with E-state index in [1.165, 1.54) is 0 Å². The molecule has 0 N–H and O–H groups in total. The van der Waals surface area contributed by atoms with E-state index in [9.17, 15) is 0 Å². The molecule has 6 nitrogen and oxygen atoms in total. The molecule has 0 amide bonds. The van der Waals surface area contributed by atoms with Gasteiger partial charge in [-0.25, -0.2) is 9.78 Å². The molecular formula is C11H24O6Si. The highest BCUT2D eigenvalue weighted by Gasteiger charge is 2.40. The number of epoxide rings is 1. The van der Waals surface area contributed by atoms with Crippen molar-refractivity contribution in [2.45, 2.75) is 32.9 Å². The SMILES string of the molecule is CCO[Si](CCOOCC1CO1)(OCC)OCC. The second-order valence-electron chi connectivity index (χ2n) is 3.79. The van der Waals surface area contributed by atoms with Crippen molar-refractivity contribution in [1.82, 2.24) is 0 Å². The largest absolute Gasteiger partial charge is 0.503 e. The minimum atomic E-state index is -2.59. The third kappa shape index (κ3) is 6.23. The fraction of sp³-hybridized carbons (Fsp3) is 1.00. The standard InChI is InChI=1S/C11H24O6Si/c1-4-15-18(16-5-2,17-6-3)8-7-13-14-10-11-9-12-11/h11H,4-10H2,1-3H3. The van der Waals surface area contributed by atoms with Gasteiger partial charge < -0.3 is 18.0 Å². The second-order valence-corrected chi connectivity index (χ2v) is 6.53. The van der Waals surface area contributed by atoms with Crippen LogP contribution in [0.25, 0.3) is 0 Å². The van der Waals surface area contributed by atoms with Crippen molar-refractivity contribution in [3.63, 3.8) is 0 Å². The summed E-state index contributed by atoms with van der Waals surface area (Å²) in [5.74, 6) is 0. The first-order chi connectivity index (χ1) is 8.76. The van der Waals surface area contributed by atoms with Gasteiger partial charge in [0.2, 0.25) is 0 Å². The first-order valence-corrected chi connectivity index (χ1v) is 8.47. The lowest BCUT2D eigenvalue weighted by Crippen LogP contribution is -2.46. The van der Waals surface area contributed by atoms with Crippen LogP contribution >= 0.6 is 0 Å². The van der Waals surface area contributed by atoms with Crippen LogP contribution in [0.5, 0.6) is 0 Å². The summed E-state index contributed by atoms with van der Waals surface area (Å²) in [5.41, 5.74) is 0. The van der Waals surface area contributed by atoms with Gasteiger partial charge in [0.15, 0.2) is 0 Å². The highest BCUT2D eigenvalue weighted by Crippen LogP contribution is 2.16. The molecule has 1 unspecified atom stereocenters. The average Bonchev–Trinajstić information content (AvgIpc) is 3.14. The molecule has 1 aliphatic rings. The van der Waals surface area contributed by atoms with Gasteiger partial charge in [0, 0.05) is 25.9 Å². The van der Waals surface area contributed by atoms with Crippen LogP contribution in [-0.2, 0) is 27.8 Å². The number of hydrogen-bond acceptors (Lipinski definition) is 6. The van der Waals surface area contributed by atoms with E-state index in [0.717, 1.165) is 6.61 Å². The number of rotatable bonds is 12. The minimum absolute atomic E-state index is 0.206. The molecule has 1 aliphatic heterocycles. The van der Waals surface area contributed by atoms with Crippen molar-refractivity contribution in [1.29, 1.82) is 0 Å². The molecule has 1 atom stereocenters. The minimum Gasteiger partial charge on any atom is -0.374 e. The Morgan fingerprint density at radius 3 is 2.00 bits per heavy atom. The van der Waals surface area contributed by atoms with E-state index in [0.29, 0.717) is 39.1 Å². The first kappa shape index (κ1) is 16.0. The Bertz CT molecular complexity index is 195. The summed E-state index contributed by atoms with van der Waals surface area (Å²) >= 11 is 0. The summed E-state index contributed by atoms with van der Waals surface area (Å²) < 4.78 is 22.1. The number of hydrogen-bond donors (Lipinski definition) is 0. The molecule has 1 fully saturated rings. The maximum Gasteiger partial charge on any atom is 0.503 e.